The normalized spacial score (nSPS) is 17.5. The van der Waals surface area contributed by atoms with Crippen LogP contribution in [-0.2, 0) is 24.2 Å². The number of likely N-dealkylation sites (tertiary alicyclic amines) is 1. The van der Waals surface area contributed by atoms with Crippen LogP contribution in [0.4, 0.5) is 0 Å². The van der Waals surface area contributed by atoms with Crippen LogP contribution in [0.2, 0.25) is 0 Å². The van der Waals surface area contributed by atoms with Gasteiger partial charge in [-0.25, -0.2) is 0 Å². The van der Waals surface area contributed by atoms with E-state index in [1.165, 1.54) is 16.7 Å². The monoisotopic (exact) mass is 350 g/mol. The summed E-state index contributed by atoms with van der Waals surface area (Å²) >= 11 is 0. The molecule has 1 fully saturated rings. The second kappa shape index (κ2) is 7.50. The molecule has 0 N–H and O–H groups in total. The van der Waals surface area contributed by atoms with E-state index in [0.717, 1.165) is 44.8 Å². The van der Waals surface area contributed by atoms with Crippen molar-refractivity contribution in [1.82, 2.24) is 9.80 Å². The fourth-order valence-electron chi connectivity index (χ4n) is 3.92. The fraction of sp³-hybridized carbons (Fsp3) is 0.409. The van der Waals surface area contributed by atoms with Crippen molar-refractivity contribution < 1.29 is 9.53 Å². The Labute approximate surface area is 155 Å². The summed E-state index contributed by atoms with van der Waals surface area (Å²) in [7, 11) is 1.67. The maximum absolute atomic E-state index is 12.4. The third kappa shape index (κ3) is 3.61. The number of benzene rings is 2. The second-order valence-corrected chi connectivity index (χ2v) is 7.29. The van der Waals surface area contributed by atoms with Crippen molar-refractivity contribution in [3.63, 3.8) is 0 Å². The number of amides is 1. The Morgan fingerprint density at radius 1 is 1.08 bits per heavy atom. The van der Waals surface area contributed by atoms with Gasteiger partial charge in [0.1, 0.15) is 5.75 Å². The summed E-state index contributed by atoms with van der Waals surface area (Å²) in [5, 5.41) is 0. The first kappa shape index (κ1) is 17.1. The smallest absolute Gasteiger partial charge is 0.223 e. The molecular weight excluding hydrogens is 324 g/mol. The Balaban J connectivity index is 1.23. The molecule has 26 heavy (non-hydrogen) atoms. The van der Waals surface area contributed by atoms with Crippen LogP contribution in [0.3, 0.4) is 0 Å². The molecule has 2 aliphatic heterocycles. The topological polar surface area (TPSA) is 32.8 Å². The number of rotatable bonds is 5. The van der Waals surface area contributed by atoms with Gasteiger partial charge in [0.15, 0.2) is 0 Å². The molecule has 1 amide bonds. The third-order valence-electron chi connectivity index (χ3n) is 5.68. The van der Waals surface area contributed by atoms with E-state index in [0.29, 0.717) is 12.5 Å². The average molecular weight is 350 g/mol. The minimum atomic E-state index is 0.273. The van der Waals surface area contributed by atoms with E-state index in [9.17, 15) is 4.79 Å². The second-order valence-electron chi connectivity index (χ2n) is 7.29. The molecule has 0 spiro atoms. The Morgan fingerprint density at radius 2 is 1.81 bits per heavy atom. The van der Waals surface area contributed by atoms with Gasteiger partial charge in [0.05, 0.1) is 7.11 Å². The molecule has 0 saturated carbocycles. The molecule has 4 heteroatoms. The van der Waals surface area contributed by atoms with Crippen LogP contribution in [0.25, 0.3) is 0 Å². The number of hydrogen-bond acceptors (Lipinski definition) is 3. The van der Waals surface area contributed by atoms with Gasteiger partial charge in [-0.2, -0.15) is 0 Å². The molecule has 0 aromatic heterocycles. The van der Waals surface area contributed by atoms with Gasteiger partial charge in [-0.05, 0) is 41.7 Å². The van der Waals surface area contributed by atoms with Gasteiger partial charge >= 0.3 is 0 Å². The van der Waals surface area contributed by atoms with Crippen molar-refractivity contribution in [1.29, 1.82) is 0 Å². The summed E-state index contributed by atoms with van der Waals surface area (Å²) in [5.74, 6) is 1.13. The molecule has 0 radical (unpaired) electrons. The summed E-state index contributed by atoms with van der Waals surface area (Å²) in [6, 6.07) is 17.2. The molecule has 2 heterocycles. The summed E-state index contributed by atoms with van der Waals surface area (Å²) in [6.45, 7) is 3.89. The fourth-order valence-corrected chi connectivity index (χ4v) is 3.92. The standard InChI is InChI=1S/C22H26N2O2/c1-26-21-9-6-17(7-10-21)8-11-22(25)24-15-20(16-24)23-13-12-18-4-2-3-5-19(18)14-23/h2-7,9-10,20H,8,11-16H2,1H3. The summed E-state index contributed by atoms with van der Waals surface area (Å²) in [6.07, 6.45) is 2.50. The van der Waals surface area contributed by atoms with Crippen molar-refractivity contribution in [3.8, 4) is 5.75 Å². The number of hydrogen-bond donors (Lipinski definition) is 0. The van der Waals surface area contributed by atoms with Crippen molar-refractivity contribution >= 4 is 5.91 Å². The van der Waals surface area contributed by atoms with E-state index < -0.39 is 0 Å². The highest BCUT2D eigenvalue weighted by Gasteiger charge is 2.35. The Hall–Kier alpha value is -2.33. The average Bonchev–Trinajstić information content (AvgIpc) is 2.65. The SMILES string of the molecule is COc1ccc(CCC(=O)N2CC(N3CCc4ccccc4C3)C2)cc1. The first-order chi connectivity index (χ1) is 12.7. The van der Waals surface area contributed by atoms with E-state index >= 15 is 0 Å². The van der Waals surface area contributed by atoms with E-state index in [2.05, 4.69) is 29.2 Å². The molecule has 0 bridgehead atoms. The Morgan fingerprint density at radius 3 is 2.54 bits per heavy atom. The van der Waals surface area contributed by atoms with Gasteiger partial charge in [-0.15, -0.1) is 0 Å². The minimum Gasteiger partial charge on any atom is -0.497 e. The van der Waals surface area contributed by atoms with E-state index in [4.69, 9.17) is 4.74 Å². The number of ether oxygens (including phenoxy) is 1. The largest absolute Gasteiger partial charge is 0.497 e. The Bertz CT molecular complexity index is 766. The number of carbonyl (C=O) groups is 1. The quantitative estimate of drug-likeness (QED) is 0.831. The molecule has 1 saturated heterocycles. The lowest BCUT2D eigenvalue weighted by Crippen LogP contribution is -2.61. The van der Waals surface area contributed by atoms with E-state index in [1.54, 1.807) is 7.11 Å². The number of fused-ring (bicyclic) bond motifs is 1. The molecule has 2 aromatic rings. The van der Waals surface area contributed by atoms with Crippen LogP contribution in [0.5, 0.6) is 5.75 Å². The van der Waals surface area contributed by atoms with E-state index in [1.807, 2.05) is 29.2 Å². The number of nitrogens with zero attached hydrogens (tertiary/aromatic N) is 2. The number of carbonyl (C=O) groups excluding carboxylic acids is 1. The predicted molar refractivity (Wildman–Crippen MR) is 102 cm³/mol. The van der Waals surface area contributed by atoms with Gasteiger partial charge in [0, 0.05) is 38.6 Å². The number of methoxy groups -OCH3 is 1. The zero-order valence-corrected chi connectivity index (χ0v) is 15.4. The van der Waals surface area contributed by atoms with Crippen molar-refractivity contribution in [3.05, 3.63) is 65.2 Å². The zero-order valence-electron chi connectivity index (χ0n) is 15.4. The van der Waals surface area contributed by atoms with Crippen LogP contribution < -0.4 is 4.74 Å². The van der Waals surface area contributed by atoms with E-state index in [-0.39, 0.29) is 5.91 Å². The van der Waals surface area contributed by atoms with Crippen LogP contribution in [0.1, 0.15) is 23.1 Å². The molecule has 0 aliphatic carbocycles. The lowest BCUT2D eigenvalue weighted by Gasteiger charge is -2.47. The molecule has 2 aromatic carbocycles. The zero-order chi connectivity index (χ0) is 17.9. The maximum atomic E-state index is 12.4. The first-order valence-electron chi connectivity index (χ1n) is 9.44. The summed E-state index contributed by atoms with van der Waals surface area (Å²) in [4.78, 5) is 17.0. The number of aryl methyl sites for hydroxylation is 1. The van der Waals surface area contributed by atoms with Crippen LogP contribution in [0, 0.1) is 0 Å². The predicted octanol–water partition coefficient (Wildman–Crippen LogP) is 2.90. The minimum absolute atomic E-state index is 0.273. The summed E-state index contributed by atoms with van der Waals surface area (Å²) in [5.41, 5.74) is 4.11. The maximum Gasteiger partial charge on any atom is 0.223 e. The lowest BCUT2D eigenvalue weighted by atomic mass is 9.96. The molecule has 2 aliphatic rings. The van der Waals surface area contributed by atoms with Gasteiger partial charge in [-0.1, -0.05) is 36.4 Å². The van der Waals surface area contributed by atoms with Crippen LogP contribution in [-0.4, -0.2) is 48.5 Å². The van der Waals surface area contributed by atoms with Crippen LogP contribution >= 0.6 is 0 Å². The highest BCUT2D eigenvalue weighted by atomic mass is 16.5. The molecule has 136 valence electrons. The van der Waals surface area contributed by atoms with Gasteiger partial charge in [-0.3, -0.25) is 9.69 Å². The lowest BCUT2D eigenvalue weighted by molar-refractivity contribution is -0.138. The summed E-state index contributed by atoms with van der Waals surface area (Å²) < 4.78 is 5.17. The molecule has 0 unspecified atom stereocenters. The Kier molecular flexibility index (Phi) is 4.93. The highest BCUT2D eigenvalue weighted by Crippen LogP contribution is 2.25. The van der Waals surface area contributed by atoms with Crippen molar-refractivity contribution in [2.24, 2.45) is 0 Å². The van der Waals surface area contributed by atoms with Gasteiger partial charge in [0.25, 0.3) is 0 Å². The highest BCUT2D eigenvalue weighted by molar-refractivity contribution is 5.77. The van der Waals surface area contributed by atoms with Gasteiger partial charge < -0.3 is 9.64 Å². The first-order valence-corrected chi connectivity index (χ1v) is 9.44. The molecule has 4 nitrogen and oxygen atoms in total. The van der Waals surface area contributed by atoms with Crippen molar-refractivity contribution in [2.75, 3.05) is 26.7 Å². The van der Waals surface area contributed by atoms with Gasteiger partial charge in [0.2, 0.25) is 5.91 Å². The van der Waals surface area contributed by atoms with Crippen LogP contribution in [0.15, 0.2) is 48.5 Å². The van der Waals surface area contributed by atoms with Crippen molar-refractivity contribution in [2.45, 2.75) is 31.8 Å². The molecule has 0 atom stereocenters. The third-order valence-corrected chi connectivity index (χ3v) is 5.68. The molecular formula is C22H26N2O2. The molecule has 4 rings (SSSR count).